The topological polar surface area (TPSA) is 69.8 Å². The Bertz CT molecular complexity index is 834. The van der Waals surface area contributed by atoms with Gasteiger partial charge in [0.05, 0.1) is 11.0 Å². The highest BCUT2D eigenvalue weighted by Gasteiger charge is 2.06. The van der Waals surface area contributed by atoms with Gasteiger partial charge in [-0.1, -0.05) is 26.0 Å². The fourth-order valence-corrected chi connectivity index (χ4v) is 2.46. The highest BCUT2D eigenvalue weighted by molar-refractivity contribution is 6.00. The molecule has 0 unspecified atom stereocenters. The Morgan fingerprint density at radius 1 is 1.04 bits per heavy atom. The van der Waals surface area contributed by atoms with Crippen LogP contribution in [0.5, 0.6) is 0 Å². The van der Waals surface area contributed by atoms with Crippen molar-refractivity contribution in [3.05, 3.63) is 53.9 Å². The van der Waals surface area contributed by atoms with E-state index >= 15 is 0 Å². The lowest BCUT2D eigenvalue weighted by Crippen LogP contribution is -2.19. The first-order chi connectivity index (χ1) is 11.0. The number of aryl methyl sites for hydroxylation is 1. The number of urea groups is 1. The Morgan fingerprint density at radius 2 is 1.70 bits per heavy atom. The Hall–Kier alpha value is -2.82. The minimum absolute atomic E-state index is 0.266. The standard InChI is InChI=1S/C18H20N4O/c1-11(2)13-4-6-14(7-5-13)21-18(23)22-15-8-9-16-17(10-15)20-12(3)19-16/h4-11H,1-3H3,(H,19,20)(H2,21,22,23). The van der Waals surface area contributed by atoms with E-state index in [4.69, 9.17) is 0 Å². The molecule has 0 saturated heterocycles. The molecule has 1 heterocycles. The van der Waals surface area contributed by atoms with Crippen LogP contribution in [-0.4, -0.2) is 16.0 Å². The number of anilines is 2. The van der Waals surface area contributed by atoms with E-state index in [9.17, 15) is 4.79 Å². The second-order valence-corrected chi connectivity index (χ2v) is 5.91. The molecule has 3 rings (SSSR count). The van der Waals surface area contributed by atoms with Crippen LogP contribution in [0.2, 0.25) is 0 Å². The van der Waals surface area contributed by atoms with Crippen LogP contribution in [0.1, 0.15) is 31.2 Å². The number of H-pyrrole nitrogens is 1. The van der Waals surface area contributed by atoms with Crippen molar-refractivity contribution >= 4 is 28.4 Å². The van der Waals surface area contributed by atoms with Gasteiger partial charge in [0, 0.05) is 11.4 Å². The second-order valence-electron chi connectivity index (χ2n) is 5.91. The van der Waals surface area contributed by atoms with E-state index in [0.717, 1.165) is 28.2 Å². The number of aromatic nitrogens is 2. The number of carbonyl (C=O) groups excluding carboxylic acids is 1. The number of aromatic amines is 1. The minimum atomic E-state index is -0.266. The number of fused-ring (bicyclic) bond motifs is 1. The molecule has 3 N–H and O–H groups in total. The van der Waals surface area contributed by atoms with Crippen LogP contribution < -0.4 is 10.6 Å². The number of rotatable bonds is 3. The number of benzene rings is 2. The molecule has 2 amide bonds. The second kappa shape index (κ2) is 6.12. The summed E-state index contributed by atoms with van der Waals surface area (Å²) in [6, 6.07) is 13.2. The summed E-state index contributed by atoms with van der Waals surface area (Å²) in [7, 11) is 0. The molecular weight excluding hydrogens is 288 g/mol. The van der Waals surface area contributed by atoms with Crippen LogP contribution in [0.25, 0.3) is 11.0 Å². The number of hydrogen-bond acceptors (Lipinski definition) is 2. The molecule has 0 aliphatic carbocycles. The summed E-state index contributed by atoms with van der Waals surface area (Å²) in [5.41, 5.74) is 4.53. The van der Waals surface area contributed by atoms with Crippen molar-refractivity contribution in [3.63, 3.8) is 0 Å². The molecule has 0 bridgehead atoms. The van der Waals surface area contributed by atoms with Crippen molar-refractivity contribution < 1.29 is 4.79 Å². The molecule has 3 aromatic rings. The first-order valence-corrected chi connectivity index (χ1v) is 7.65. The van der Waals surface area contributed by atoms with Crippen molar-refractivity contribution in [1.82, 2.24) is 9.97 Å². The fourth-order valence-electron chi connectivity index (χ4n) is 2.46. The van der Waals surface area contributed by atoms with Crippen molar-refractivity contribution in [2.24, 2.45) is 0 Å². The fraction of sp³-hybridized carbons (Fsp3) is 0.222. The summed E-state index contributed by atoms with van der Waals surface area (Å²) in [4.78, 5) is 19.6. The van der Waals surface area contributed by atoms with Gasteiger partial charge in [0.2, 0.25) is 0 Å². The SMILES string of the molecule is Cc1nc2ccc(NC(=O)Nc3ccc(C(C)C)cc3)cc2[nH]1. The van der Waals surface area contributed by atoms with Gasteiger partial charge in [-0.05, 0) is 48.7 Å². The maximum atomic E-state index is 12.1. The number of amides is 2. The molecule has 0 aliphatic rings. The molecular formula is C18H20N4O. The third-order valence-corrected chi connectivity index (χ3v) is 3.69. The van der Waals surface area contributed by atoms with Crippen molar-refractivity contribution in [2.45, 2.75) is 26.7 Å². The minimum Gasteiger partial charge on any atom is -0.342 e. The Kier molecular flexibility index (Phi) is 4.02. The highest BCUT2D eigenvalue weighted by atomic mass is 16.2. The summed E-state index contributed by atoms with van der Waals surface area (Å²) in [6.45, 7) is 6.19. The lowest BCUT2D eigenvalue weighted by atomic mass is 10.0. The summed E-state index contributed by atoms with van der Waals surface area (Å²) in [5.74, 6) is 1.33. The smallest absolute Gasteiger partial charge is 0.323 e. The van der Waals surface area contributed by atoms with E-state index in [-0.39, 0.29) is 6.03 Å². The van der Waals surface area contributed by atoms with Gasteiger partial charge >= 0.3 is 6.03 Å². The summed E-state index contributed by atoms with van der Waals surface area (Å²) in [5, 5.41) is 5.67. The van der Waals surface area contributed by atoms with E-state index in [1.165, 1.54) is 5.56 Å². The molecule has 5 nitrogen and oxygen atoms in total. The average Bonchev–Trinajstić information content (AvgIpc) is 2.87. The van der Waals surface area contributed by atoms with Crippen LogP contribution in [0.3, 0.4) is 0 Å². The third kappa shape index (κ3) is 3.51. The lowest BCUT2D eigenvalue weighted by molar-refractivity contribution is 0.262. The quantitative estimate of drug-likeness (QED) is 0.659. The zero-order chi connectivity index (χ0) is 16.4. The average molecular weight is 308 g/mol. The van der Waals surface area contributed by atoms with Crippen molar-refractivity contribution in [1.29, 1.82) is 0 Å². The van der Waals surface area contributed by atoms with Gasteiger partial charge in [-0.2, -0.15) is 0 Å². The number of imidazole rings is 1. The number of nitrogens with one attached hydrogen (secondary N) is 3. The molecule has 0 radical (unpaired) electrons. The number of nitrogens with zero attached hydrogens (tertiary/aromatic N) is 1. The first-order valence-electron chi connectivity index (χ1n) is 7.65. The van der Waals surface area contributed by atoms with Crippen LogP contribution in [0.4, 0.5) is 16.2 Å². The van der Waals surface area contributed by atoms with Crippen LogP contribution >= 0.6 is 0 Å². The lowest BCUT2D eigenvalue weighted by Gasteiger charge is -2.09. The van der Waals surface area contributed by atoms with Gasteiger partial charge in [0.25, 0.3) is 0 Å². The van der Waals surface area contributed by atoms with Crippen LogP contribution in [0.15, 0.2) is 42.5 Å². The molecule has 0 spiro atoms. The molecule has 0 aliphatic heterocycles. The third-order valence-electron chi connectivity index (χ3n) is 3.69. The molecule has 0 fully saturated rings. The normalized spacial score (nSPS) is 11.0. The van der Waals surface area contributed by atoms with Crippen LogP contribution in [0, 0.1) is 6.92 Å². The summed E-state index contributed by atoms with van der Waals surface area (Å²) >= 11 is 0. The van der Waals surface area contributed by atoms with E-state index in [1.807, 2.05) is 49.4 Å². The van der Waals surface area contributed by atoms with Gasteiger partial charge < -0.3 is 15.6 Å². The zero-order valence-electron chi connectivity index (χ0n) is 13.5. The molecule has 23 heavy (non-hydrogen) atoms. The Morgan fingerprint density at radius 3 is 2.39 bits per heavy atom. The van der Waals surface area contributed by atoms with Crippen molar-refractivity contribution in [3.8, 4) is 0 Å². The van der Waals surface area contributed by atoms with Gasteiger partial charge in [-0.25, -0.2) is 9.78 Å². The van der Waals surface area contributed by atoms with Gasteiger partial charge in [-0.3, -0.25) is 0 Å². The molecule has 0 atom stereocenters. The number of hydrogen-bond donors (Lipinski definition) is 3. The molecule has 118 valence electrons. The van der Waals surface area contributed by atoms with E-state index in [0.29, 0.717) is 5.92 Å². The van der Waals surface area contributed by atoms with E-state index < -0.39 is 0 Å². The molecule has 2 aromatic carbocycles. The maximum Gasteiger partial charge on any atom is 0.323 e. The van der Waals surface area contributed by atoms with Gasteiger partial charge in [-0.15, -0.1) is 0 Å². The van der Waals surface area contributed by atoms with Crippen LogP contribution in [-0.2, 0) is 0 Å². The Balaban J connectivity index is 1.67. The predicted molar refractivity (Wildman–Crippen MR) is 94.0 cm³/mol. The largest absolute Gasteiger partial charge is 0.342 e. The van der Waals surface area contributed by atoms with Gasteiger partial charge in [0.15, 0.2) is 0 Å². The summed E-state index contributed by atoms with van der Waals surface area (Å²) in [6.07, 6.45) is 0. The number of carbonyl (C=O) groups is 1. The zero-order valence-corrected chi connectivity index (χ0v) is 13.5. The molecule has 0 saturated carbocycles. The van der Waals surface area contributed by atoms with Crippen molar-refractivity contribution in [2.75, 3.05) is 10.6 Å². The van der Waals surface area contributed by atoms with E-state index in [1.54, 1.807) is 0 Å². The highest BCUT2D eigenvalue weighted by Crippen LogP contribution is 2.19. The monoisotopic (exact) mass is 308 g/mol. The molecule has 1 aromatic heterocycles. The Labute approximate surface area is 135 Å². The maximum absolute atomic E-state index is 12.1. The predicted octanol–water partition coefficient (Wildman–Crippen LogP) is 4.64. The van der Waals surface area contributed by atoms with E-state index in [2.05, 4.69) is 34.4 Å². The molecule has 5 heteroatoms. The van der Waals surface area contributed by atoms with Gasteiger partial charge in [0.1, 0.15) is 5.82 Å². The summed E-state index contributed by atoms with van der Waals surface area (Å²) < 4.78 is 0. The first kappa shape index (κ1) is 15.1.